The minimum absolute atomic E-state index is 0.0315. The number of halogens is 1. The standard InChI is InChI=1S/C17H20BrN3O/c1-3-12(4-2)17(22)21-16-10-9-13(11-19-16)20-15-8-6-5-7-14(15)18/h5-12,20H,3-4H2,1-2H3,(H,19,21,22). The van der Waals surface area contributed by atoms with Gasteiger partial charge in [0.1, 0.15) is 5.82 Å². The monoisotopic (exact) mass is 361 g/mol. The zero-order valence-corrected chi connectivity index (χ0v) is 14.4. The largest absolute Gasteiger partial charge is 0.353 e. The van der Waals surface area contributed by atoms with E-state index in [-0.39, 0.29) is 11.8 Å². The fraction of sp³-hybridized carbons (Fsp3) is 0.294. The number of benzene rings is 1. The van der Waals surface area contributed by atoms with Crippen LogP contribution < -0.4 is 10.6 Å². The number of nitrogens with zero attached hydrogens (tertiary/aromatic N) is 1. The van der Waals surface area contributed by atoms with Gasteiger partial charge in [-0.1, -0.05) is 26.0 Å². The second kappa shape index (κ2) is 7.94. The molecule has 1 heterocycles. The van der Waals surface area contributed by atoms with Crippen molar-refractivity contribution >= 4 is 39.0 Å². The van der Waals surface area contributed by atoms with Gasteiger partial charge in [-0.05, 0) is 53.0 Å². The molecule has 0 radical (unpaired) electrons. The lowest BCUT2D eigenvalue weighted by Crippen LogP contribution is -2.22. The van der Waals surface area contributed by atoms with Crippen molar-refractivity contribution in [1.29, 1.82) is 0 Å². The molecule has 22 heavy (non-hydrogen) atoms. The minimum Gasteiger partial charge on any atom is -0.353 e. The van der Waals surface area contributed by atoms with Gasteiger partial charge in [0.15, 0.2) is 0 Å². The molecule has 1 amide bonds. The smallest absolute Gasteiger partial charge is 0.228 e. The first-order valence-corrected chi connectivity index (χ1v) is 8.21. The summed E-state index contributed by atoms with van der Waals surface area (Å²) in [6, 6.07) is 11.6. The van der Waals surface area contributed by atoms with Gasteiger partial charge in [-0.3, -0.25) is 4.79 Å². The predicted octanol–water partition coefficient (Wildman–Crippen LogP) is 4.96. The Bertz CT molecular complexity index is 624. The number of hydrogen-bond acceptors (Lipinski definition) is 3. The molecule has 2 N–H and O–H groups in total. The van der Waals surface area contributed by atoms with Crippen LogP contribution in [0.1, 0.15) is 26.7 Å². The lowest BCUT2D eigenvalue weighted by molar-refractivity contribution is -0.120. The number of pyridine rings is 1. The van der Waals surface area contributed by atoms with E-state index in [1.807, 2.05) is 44.2 Å². The van der Waals surface area contributed by atoms with E-state index in [4.69, 9.17) is 0 Å². The molecule has 0 aliphatic heterocycles. The van der Waals surface area contributed by atoms with Gasteiger partial charge in [0, 0.05) is 10.4 Å². The third-order valence-electron chi connectivity index (χ3n) is 3.52. The molecule has 0 aliphatic carbocycles. The Morgan fingerprint density at radius 3 is 2.50 bits per heavy atom. The number of aromatic nitrogens is 1. The molecule has 1 aromatic heterocycles. The molecule has 2 aromatic rings. The van der Waals surface area contributed by atoms with Gasteiger partial charge in [-0.25, -0.2) is 4.98 Å². The van der Waals surface area contributed by atoms with Gasteiger partial charge < -0.3 is 10.6 Å². The van der Waals surface area contributed by atoms with E-state index >= 15 is 0 Å². The van der Waals surface area contributed by atoms with E-state index in [0.29, 0.717) is 5.82 Å². The Morgan fingerprint density at radius 2 is 1.91 bits per heavy atom. The second-order valence-corrected chi connectivity index (χ2v) is 5.89. The van der Waals surface area contributed by atoms with Crippen LogP contribution in [-0.4, -0.2) is 10.9 Å². The summed E-state index contributed by atoms with van der Waals surface area (Å²) in [6.45, 7) is 4.04. The molecular formula is C17H20BrN3O. The maximum Gasteiger partial charge on any atom is 0.228 e. The first-order chi connectivity index (χ1) is 10.6. The summed E-state index contributed by atoms with van der Waals surface area (Å²) < 4.78 is 0.987. The fourth-order valence-electron chi connectivity index (χ4n) is 2.15. The SMILES string of the molecule is CCC(CC)C(=O)Nc1ccc(Nc2ccccc2Br)cn1. The van der Waals surface area contributed by atoms with E-state index in [2.05, 4.69) is 31.5 Å². The Hall–Kier alpha value is -1.88. The van der Waals surface area contributed by atoms with E-state index < -0.39 is 0 Å². The molecule has 0 aliphatic rings. The quantitative estimate of drug-likeness (QED) is 0.764. The van der Waals surface area contributed by atoms with Crippen molar-refractivity contribution in [3.05, 3.63) is 47.1 Å². The maximum atomic E-state index is 12.0. The Kier molecular flexibility index (Phi) is 5.95. The van der Waals surface area contributed by atoms with Crippen LogP contribution in [0.5, 0.6) is 0 Å². The number of carbonyl (C=O) groups excluding carboxylic acids is 1. The minimum atomic E-state index is 0.0315. The summed E-state index contributed by atoms with van der Waals surface area (Å²) in [7, 11) is 0. The molecule has 1 aromatic carbocycles. The summed E-state index contributed by atoms with van der Waals surface area (Å²) >= 11 is 3.49. The highest BCUT2D eigenvalue weighted by Crippen LogP contribution is 2.25. The van der Waals surface area contributed by atoms with Gasteiger partial charge >= 0.3 is 0 Å². The van der Waals surface area contributed by atoms with Crippen LogP contribution in [0.25, 0.3) is 0 Å². The first kappa shape index (κ1) is 16.5. The summed E-state index contributed by atoms with van der Waals surface area (Å²) in [4.78, 5) is 16.3. The fourth-order valence-corrected chi connectivity index (χ4v) is 2.53. The third kappa shape index (κ3) is 4.31. The molecule has 116 valence electrons. The number of amides is 1. The van der Waals surface area contributed by atoms with Crippen LogP contribution in [0, 0.1) is 5.92 Å². The van der Waals surface area contributed by atoms with Crippen LogP contribution in [0.15, 0.2) is 47.1 Å². The van der Waals surface area contributed by atoms with E-state index in [9.17, 15) is 4.79 Å². The molecular weight excluding hydrogens is 342 g/mol. The Morgan fingerprint density at radius 1 is 1.18 bits per heavy atom. The van der Waals surface area contributed by atoms with Gasteiger partial charge in [-0.2, -0.15) is 0 Å². The highest BCUT2D eigenvalue weighted by Gasteiger charge is 2.14. The van der Waals surface area contributed by atoms with Crippen LogP contribution in [-0.2, 0) is 4.79 Å². The van der Waals surface area contributed by atoms with Crippen molar-refractivity contribution < 1.29 is 4.79 Å². The maximum absolute atomic E-state index is 12.0. The normalized spacial score (nSPS) is 10.5. The third-order valence-corrected chi connectivity index (χ3v) is 4.22. The zero-order valence-electron chi connectivity index (χ0n) is 12.8. The number of carbonyl (C=O) groups is 1. The van der Waals surface area contributed by atoms with Crippen molar-refractivity contribution in [2.45, 2.75) is 26.7 Å². The number of rotatable bonds is 6. The molecule has 0 bridgehead atoms. The molecule has 5 heteroatoms. The van der Waals surface area contributed by atoms with E-state index in [1.165, 1.54) is 0 Å². The van der Waals surface area contributed by atoms with Gasteiger partial charge in [0.05, 0.1) is 17.6 Å². The molecule has 4 nitrogen and oxygen atoms in total. The Balaban J connectivity index is 2.02. The number of anilines is 3. The lowest BCUT2D eigenvalue weighted by Gasteiger charge is -2.13. The molecule has 0 atom stereocenters. The highest BCUT2D eigenvalue weighted by molar-refractivity contribution is 9.10. The van der Waals surface area contributed by atoms with E-state index in [0.717, 1.165) is 28.7 Å². The van der Waals surface area contributed by atoms with Gasteiger partial charge in [-0.15, -0.1) is 0 Å². The summed E-state index contributed by atoms with van der Waals surface area (Å²) in [5.74, 6) is 0.651. The molecule has 0 unspecified atom stereocenters. The number of nitrogens with one attached hydrogen (secondary N) is 2. The molecule has 0 fully saturated rings. The van der Waals surface area contributed by atoms with Crippen LogP contribution in [0.4, 0.5) is 17.2 Å². The molecule has 0 saturated carbocycles. The average molecular weight is 362 g/mol. The Labute approximate surface area is 139 Å². The number of para-hydroxylation sites is 1. The van der Waals surface area contributed by atoms with Gasteiger partial charge in [0.25, 0.3) is 0 Å². The summed E-state index contributed by atoms with van der Waals surface area (Å²) in [6.07, 6.45) is 3.38. The molecule has 0 saturated heterocycles. The van der Waals surface area contributed by atoms with Crippen LogP contribution >= 0.6 is 15.9 Å². The summed E-state index contributed by atoms with van der Waals surface area (Å²) in [5.41, 5.74) is 1.84. The number of hydrogen-bond donors (Lipinski definition) is 2. The highest BCUT2D eigenvalue weighted by atomic mass is 79.9. The van der Waals surface area contributed by atoms with Crippen LogP contribution in [0.3, 0.4) is 0 Å². The predicted molar refractivity (Wildman–Crippen MR) is 94.4 cm³/mol. The van der Waals surface area contributed by atoms with Crippen molar-refractivity contribution in [3.63, 3.8) is 0 Å². The second-order valence-electron chi connectivity index (χ2n) is 5.04. The molecule has 2 rings (SSSR count). The zero-order chi connectivity index (χ0) is 15.9. The van der Waals surface area contributed by atoms with E-state index in [1.54, 1.807) is 12.3 Å². The summed E-state index contributed by atoms with van der Waals surface area (Å²) in [5, 5.41) is 6.13. The van der Waals surface area contributed by atoms with Crippen molar-refractivity contribution in [2.24, 2.45) is 5.92 Å². The van der Waals surface area contributed by atoms with Gasteiger partial charge in [0.2, 0.25) is 5.91 Å². The average Bonchev–Trinajstić information content (AvgIpc) is 2.52. The van der Waals surface area contributed by atoms with Crippen LogP contribution in [0.2, 0.25) is 0 Å². The van der Waals surface area contributed by atoms with Crippen molar-refractivity contribution in [2.75, 3.05) is 10.6 Å². The van der Waals surface area contributed by atoms with Crippen molar-refractivity contribution in [3.8, 4) is 0 Å². The lowest BCUT2D eigenvalue weighted by atomic mass is 10.0. The first-order valence-electron chi connectivity index (χ1n) is 7.42. The molecule has 0 spiro atoms. The van der Waals surface area contributed by atoms with Crippen molar-refractivity contribution in [1.82, 2.24) is 4.98 Å². The topological polar surface area (TPSA) is 54.0 Å².